The molecule has 0 spiro atoms. The monoisotopic (exact) mass is 275 g/mol. The number of nitrogens with zero attached hydrogens (tertiary/aromatic N) is 1. The third kappa shape index (κ3) is 4.23. The fourth-order valence-corrected chi connectivity index (χ4v) is 2.61. The minimum absolute atomic E-state index is 0.0104. The average Bonchev–Trinajstić information content (AvgIpc) is 2.45. The van der Waals surface area contributed by atoms with Crippen LogP contribution in [0.15, 0.2) is 24.3 Å². The Morgan fingerprint density at radius 2 is 2.30 bits per heavy atom. The molecule has 1 aliphatic rings. The molecule has 1 aromatic carbocycles. The number of likely N-dealkylation sites (N-methyl/N-ethyl adjacent to an activating group) is 1. The molecule has 0 aromatic heterocycles. The van der Waals surface area contributed by atoms with Gasteiger partial charge in [0.05, 0.1) is 0 Å². The van der Waals surface area contributed by atoms with Crippen LogP contribution in [0.2, 0.25) is 0 Å². The van der Waals surface area contributed by atoms with Crippen molar-refractivity contribution in [1.29, 1.82) is 0 Å². The van der Waals surface area contributed by atoms with E-state index in [1.807, 2.05) is 24.3 Å². The lowest BCUT2D eigenvalue weighted by atomic mass is 10.1. The van der Waals surface area contributed by atoms with Crippen molar-refractivity contribution in [3.63, 3.8) is 0 Å². The smallest absolute Gasteiger partial charge is 0.251 e. The first kappa shape index (κ1) is 14.9. The van der Waals surface area contributed by atoms with Gasteiger partial charge in [-0.05, 0) is 51.1 Å². The van der Waals surface area contributed by atoms with Gasteiger partial charge in [0.1, 0.15) is 0 Å². The van der Waals surface area contributed by atoms with E-state index in [0.29, 0.717) is 6.04 Å². The summed E-state index contributed by atoms with van der Waals surface area (Å²) in [6.45, 7) is 5.02. The summed E-state index contributed by atoms with van der Waals surface area (Å²) in [7, 11) is 2.16. The van der Waals surface area contributed by atoms with Crippen LogP contribution in [-0.4, -0.2) is 43.5 Å². The molecule has 2 rings (SSSR count). The minimum atomic E-state index is 0.0104. The van der Waals surface area contributed by atoms with Crippen LogP contribution in [0.5, 0.6) is 0 Å². The number of hydrogen-bond donors (Lipinski definition) is 2. The lowest BCUT2D eigenvalue weighted by Gasteiger charge is -2.31. The molecule has 4 nitrogen and oxygen atoms in total. The van der Waals surface area contributed by atoms with Gasteiger partial charge in [-0.1, -0.05) is 13.0 Å². The predicted octanol–water partition coefficient (Wildman–Crippen LogP) is 2.33. The second kappa shape index (κ2) is 7.29. The standard InChI is InChI=1S/C16H25N3O/c1-3-9-17-16(20)13-6-4-7-14(11-13)18-15-8-5-10-19(2)12-15/h4,6-7,11,15,18H,3,5,8-10,12H2,1-2H3,(H,17,20). The van der Waals surface area contributed by atoms with Crippen molar-refractivity contribution >= 4 is 11.6 Å². The number of carbonyl (C=O) groups is 1. The fourth-order valence-electron chi connectivity index (χ4n) is 2.61. The highest BCUT2D eigenvalue weighted by Gasteiger charge is 2.17. The van der Waals surface area contributed by atoms with E-state index in [9.17, 15) is 4.79 Å². The largest absolute Gasteiger partial charge is 0.381 e. The van der Waals surface area contributed by atoms with E-state index in [-0.39, 0.29) is 5.91 Å². The number of likely N-dealkylation sites (tertiary alicyclic amines) is 1. The van der Waals surface area contributed by atoms with Gasteiger partial charge >= 0.3 is 0 Å². The van der Waals surface area contributed by atoms with Crippen LogP contribution in [-0.2, 0) is 0 Å². The van der Waals surface area contributed by atoms with Crippen molar-refractivity contribution in [1.82, 2.24) is 10.2 Å². The summed E-state index contributed by atoms with van der Waals surface area (Å²) in [6, 6.07) is 8.26. The molecule has 1 aromatic rings. The number of benzene rings is 1. The zero-order chi connectivity index (χ0) is 14.4. The first-order valence-electron chi connectivity index (χ1n) is 7.52. The van der Waals surface area contributed by atoms with Crippen molar-refractivity contribution in [2.24, 2.45) is 0 Å². The number of rotatable bonds is 5. The lowest BCUT2D eigenvalue weighted by Crippen LogP contribution is -2.39. The summed E-state index contributed by atoms with van der Waals surface area (Å²) in [4.78, 5) is 14.3. The molecule has 1 unspecified atom stereocenters. The molecule has 1 saturated heterocycles. The van der Waals surface area contributed by atoms with Crippen LogP contribution in [0, 0.1) is 0 Å². The van der Waals surface area contributed by atoms with E-state index in [0.717, 1.165) is 30.8 Å². The molecule has 1 fully saturated rings. The lowest BCUT2D eigenvalue weighted by molar-refractivity contribution is 0.0953. The van der Waals surface area contributed by atoms with E-state index < -0.39 is 0 Å². The molecule has 1 aliphatic heterocycles. The SMILES string of the molecule is CCCNC(=O)c1cccc(NC2CCCN(C)C2)c1. The Morgan fingerprint density at radius 1 is 1.45 bits per heavy atom. The van der Waals surface area contributed by atoms with Crippen LogP contribution in [0.4, 0.5) is 5.69 Å². The molecule has 0 radical (unpaired) electrons. The Balaban J connectivity index is 1.96. The minimum Gasteiger partial charge on any atom is -0.381 e. The topological polar surface area (TPSA) is 44.4 Å². The summed E-state index contributed by atoms with van der Waals surface area (Å²) < 4.78 is 0. The Labute approximate surface area is 121 Å². The van der Waals surface area contributed by atoms with Crippen LogP contribution in [0.1, 0.15) is 36.5 Å². The molecule has 1 heterocycles. The maximum atomic E-state index is 12.0. The summed E-state index contributed by atoms with van der Waals surface area (Å²) >= 11 is 0. The number of amides is 1. The fraction of sp³-hybridized carbons (Fsp3) is 0.562. The van der Waals surface area contributed by atoms with E-state index in [1.165, 1.54) is 19.4 Å². The van der Waals surface area contributed by atoms with Crippen LogP contribution in [0.25, 0.3) is 0 Å². The average molecular weight is 275 g/mol. The zero-order valence-electron chi connectivity index (χ0n) is 12.5. The number of nitrogens with one attached hydrogen (secondary N) is 2. The number of carbonyl (C=O) groups excluding carboxylic acids is 1. The Bertz CT molecular complexity index is 447. The van der Waals surface area contributed by atoms with E-state index >= 15 is 0 Å². The molecular weight excluding hydrogens is 250 g/mol. The van der Waals surface area contributed by atoms with Crippen molar-refractivity contribution < 1.29 is 4.79 Å². The Kier molecular flexibility index (Phi) is 5.41. The first-order chi connectivity index (χ1) is 9.69. The predicted molar refractivity (Wildman–Crippen MR) is 83.2 cm³/mol. The first-order valence-corrected chi connectivity index (χ1v) is 7.52. The summed E-state index contributed by atoms with van der Waals surface area (Å²) in [5.74, 6) is 0.0104. The molecule has 110 valence electrons. The van der Waals surface area contributed by atoms with Crippen LogP contribution < -0.4 is 10.6 Å². The molecule has 4 heteroatoms. The molecular formula is C16H25N3O. The maximum Gasteiger partial charge on any atom is 0.251 e. The highest BCUT2D eigenvalue weighted by atomic mass is 16.1. The van der Waals surface area contributed by atoms with E-state index in [4.69, 9.17) is 0 Å². The van der Waals surface area contributed by atoms with Gasteiger partial charge in [-0.2, -0.15) is 0 Å². The van der Waals surface area contributed by atoms with Gasteiger partial charge in [0, 0.05) is 30.4 Å². The normalized spacial score (nSPS) is 19.6. The van der Waals surface area contributed by atoms with Gasteiger partial charge in [0.2, 0.25) is 0 Å². The molecule has 20 heavy (non-hydrogen) atoms. The molecule has 0 aliphatic carbocycles. The summed E-state index contributed by atoms with van der Waals surface area (Å²) in [5, 5.41) is 6.45. The molecule has 1 atom stereocenters. The summed E-state index contributed by atoms with van der Waals surface area (Å²) in [5.41, 5.74) is 1.77. The number of piperidine rings is 1. The van der Waals surface area contributed by atoms with Gasteiger partial charge in [-0.25, -0.2) is 0 Å². The van der Waals surface area contributed by atoms with Gasteiger partial charge in [0.25, 0.3) is 5.91 Å². The molecule has 1 amide bonds. The van der Waals surface area contributed by atoms with E-state index in [2.05, 4.69) is 29.5 Å². The molecule has 2 N–H and O–H groups in total. The van der Waals surface area contributed by atoms with Gasteiger partial charge in [-0.3, -0.25) is 4.79 Å². The van der Waals surface area contributed by atoms with Crippen molar-refractivity contribution in [2.75, 3.05) is 32.0 Å². The summed E-state index contributed by atoms with van der Waals surface area (Å²) in [6.07, 6.45) is 3.37. The zero-order valence-corrected chi connectivity index (χ0v) is 12.5. The third-order valence-electron chi connectivity index (χ3n) is 3.66. The highest BCUT2D eigenvalue weighted by Crippen LogP contribution is 2.16. The second-order valence-corrected chi connectivity index (χ2v) is 5.58. The van der Waals surface area contributed by atoms with Gasteiger partial charge < -0.3 is 15.5 Å². The number of hydrogen-bond acceptors (Lipinski definition) is 3. The Morgan fingerprint density at radius 3 is 3.05 bits per heavy atom. The highest BCUT2D eigenvalue weighted by molar-refractivity contribution is 5.95. The maximum absolute atomic E-state index is 12.0. The van der Waals surface area contributed by atoms with Crippen molar-refractivity contribution in [3.8, 4) is 0 Å². The third-order valence-corrected chi connectivity index (χ3v) is 3.66. The molecule has 0 bridgehead atoms. The van der Waals surface area contributed by atoms with Crippen LogP contribution in [0.3, 0.4) is 0 Å². The van der Waals surface area contributed by atoms with Gasteiger partial charge in [-0.15, -0.1) is 0 Å². The Hall–Kier alpha value is -1.55. The van der Waals surface area contributed by atoms with Crippen molar-refractivity contribution in [3.05, 3.63) is 29.8 Å². The van der Waals surface area contributed by atoms with Gasteiger partial charge in [0.15, 0.2) is 0 Å². The second-order valence-electron chi connectivity index (χ2n) is 5.58. The van der Waals surface area contributed by atoms with Crippen LogP contribution >= 0.6 is 0 Å². The number of anilines is 1. The van der Waals surface area contributed by atoms with E-state index in [1.54, 1.807) is 0 Å². The van der Waals surface area contributed by atoms with Crippen molar-refractivity contribution in [2.45, 2.75) is 32.2 Å². The quantitative estimate of drug-likeness (QED) is 0.867. The molecule has 0 saturated carbocycles.